The van der Waals surface area contributed by atoms with Gasteiger partial charge in [-0.3, -0.25) is 15.1 Å². The fraction of sp³-hybridized carbons (Fsp3) is 0.366. The molecule has 4 N–H and O–H groups in total. The Morgan fingerprint density at radius 1 is 0.929 bits per heavy atom. The third-order valence-electron chi connectivity index (χ3n) is 9.35. The van der Waals surface area contributed by atoms with Crippen molar-refractivity contribution in [1.82, 2.24) is 20.6 Å². The molecule has 0 aliphatic carbocycles. The van der Waals surface area contributed by atoms with Crippen molar-refractivity contribution in [2.45, 2.75) is 58.4 Å². The van der Waals surface area contributed by atoms with Crippen molar-refractivity contribution in [1.29, 1.82) is 0 Å². The molecule has 2 aromatic heterocycles. The lowest BCUT2D eigenvalue weighted by Gasteiger charge is -2.44. The van der Waals surface area contributed by atoms with Gasteiger partial charge in [0.2, 0.25) is 0 Å². The number of alkyl carbamates (subject to hydrolysis) is 2. The van der Waals surface area contributed by atoms with Crippen LogP contribution in [0, 0.1) is 5.92 Å². The molecule has 15 heteroatoms. The van der Waals surface area contributed by atoms with Crippen molar-refractivity contribution < 1.29 is 38.1 Å². The number of methoxy groups -OCH3 is 1. The molecule has 0 unspecified atom stereocenters. The molecule has 4 heterocycles. The van der Waals surface area contributed by atoms with Gasteiger partial charge in [-0.2, -0.15) is 0 Å². The number of anilines is 3. The summed E-state index contributed by atoms with van der Waals surface area (Å²) in [6.45, 7) is 9.07. The average Bonchev–Trinajstić information content (AvgIpc) is 3.18. The predicted molar refractivity (Wildman–Crippen MR) is 211 cm³/mol. The van der Waals surface area contributed by atoms with E-state index in [1.54, 1.807) is 39.1 Å². The molecule has 2 aliphatic heterocycles. The Labute approximate surface area is 325 Å². The van der Waals surface area contributed by atoms with Gasteiger partial charge in [-0.15, -0.1) is 0 Å². The maximum atomic E-state index is 14.3. The van der Waals surface area contributed by atoms with Crippen LogP contribution in [-0.4, -0.2) is 85.3 Å². The zero-order valence-corrected chi connectivity index (χ0v) is 32.1. The standard InChI is InChI=1S/C41H47N7O8/c1-25-22-48(23-33(35(25)47-38(50)53-5)46-40(52)56-41(2,3)4)34-13-16-42-21-32(34)44-37(49)36-31(45-39(51)55-24-26-9-7-6-8-10-26)20-29-12-11-28(19-30(29)43-36)27-14-17-54-18-15-27/h6-14,16,19-21,25,33,35H,15,17-18,22-24H2,1-5H3,(H,44,49)(H,45,51)(H,46,52)(H,47,50)/t25-,33+,35-/m0/s1. The van der Waals surface area contributed by atoms with Gasteiger partial charge in [0, 0.05) is 24.7 Å². The fourth-order valence-electron chi connectivity index (χ4n) is 6.75. The van der Waals surface area contributed by atoms with Crippen LogP contribution in [0.3, 0.4) is 0 Å². The summed E-state index contributed by atoms with van der Waals surface area (Å²) in [5.74, 6) is -0.798. The zero-order chi connectivity index (χ0) is 39.8. The molecule has 4 amide bonds. The number of nitrogens with one attached hydrogen (secondary N) is 4. The summed E-state index contributed by atoms with van der Waals surface area (Å²) in [7, 11) is 1.28. The first kappa shape index (κ1) is 39.5. The van der Waals surface area contributed by atoms with Crippen molar-refractivity contribution in [3.63, 3.8) is 0 Å². The zero-order valence-electron chi connectivity index (χ0n) is 32.1. The van der Waals surface area contributed by atoms with Crippen LogP contribution in [0.25, 0.3) is 16.5 Å². The second-order valence-electron chi connectivity index (χ2n) is 14.7. The van der Waals surface area contributed by atoms with E-state index in [-0.39, 0.29) is 30.5 Å². The first-order chi connectivity index (χ1) is 26.9. The lowest BCUT2D eigenvalue weighted by molar-refractivity contribution is 0.0476. The molecular weight excluding hydrogens is 718 g/mol. The van der Waals surface area contributed by atoms with Gasteiger partial charge in [0.1, 0.15) is 12.2 Å². The van der Waals surface area contributed by atoms with Crippen molar-refractivity contribution in [3.05, 3.63) is 96.0 Å². The lowest BCUT2D eigenvalue weighted by atomic mass is 9.89. The number of carbonyl (C=O) groups excluding carboxylic acids is 4. The van der Waals surface area contributed by atoms with Crippen LogP contribution >= 0.6 is 0 Å². The Kier molecular flexibility index (Phi) is 12.3. The summed E-state index contributed by atoms with van der Waals surface area (Å²) in [6.07, 6.45) is 3.87. The Morgan fingerprint density at radius 3 is 2.46 bits per heavy atom. The van der Waals surface area contributed by atoms with Gasteiger partial charge in [0.05, 0.1) is 61.2 Å². The summed E-state index contributed by atoms with van der Waals surface area (Å²) >= 11 is 0. The maximum absolute atomic E-state index is 14.3. The van der Waals surface area contributed by atoms with Gasteiger partial charge in [0.25, 0.3) is 5.91 Å². The molecule has 2 aromatic carbocycles. The maximum Gasteiger partial charge on any atom is 0.412 e. The molecule has 15 nitrogen and oxygen atoms in total. The summed E-state index contributed by atoms with van der Waals surface area (Å²) in [5.41, 5.74) is 3.79. The highest BCUT2D eigenvalue weighted by atomic mass is 16.6. The number of carbonyl (C=O) groups is 4. The third-order valence-corrected chi connectivity index (χ3v) is 9.35. The van der Waals surface area contributed by atoms with Crippen molar-refractivity contribution in [2.75, 3.05) is 48.9 Å². The number of ether oxygens (including phenoxy) is 4. The topological polar surface area (TPSA) is 182 Å². The number of amides is 4. The number of pyridine rings is 2. The van der Waals surface area contributed by atoms with Crippen LogP contribution in [-0.2, 0) is 25.6 Å². The van der Waals surface area contributed by atoms with E-state index in [4.69, 9.17) is 23.9 Å². The van der Waals surface area contributed by atoms with E-state index in [1.807, 2.05) is 66.4 Å². The second kappa shape index (κ2) is 17.5. The number of fused-ring (bicyclic) bond motifs is 1. The lowest BCUT2D eigenvalue weighted by Crippen LogP contribution is -2.64. The van der Waals surface area contributed by atoms with E-state index < -0.39 is 41.9 Å². The number of piperidine rings is 1. The Hall–Kier alpha value is -6.22. The molecular formula is C41H47N7O8. The molecule has 6 rings (SSSR count). The van der Waals surface area contributed by atoms with Crippen LogP contribution in [0.4, 0.5) is 31.4 Å². The summed E-state index contributed by atoms with van der Waals surface area (Å²) in [5, 5.41) is 12.2. The Bertz CT molecular complexity index is 2100. The normalized spacial score (nSPS) is 18.3. The molecule has 1 fully saturated rings. The first-order valence-corrected chi connectivity index (χ1v) is 18.4. The van der Waals surface area contributed by atoms with E-state index in [0.717, 1.165) is 23.1 Å². The van der Waals surface area contributed by atoms with E-state index in [1.165, 1.54) is 13.3 Å². The Balaban J connectivity index is 1.29. The average molecular weight is 766 g/mol. The predicted octanol–water partition coefficient (Wildman–Crippen LogP) is 6.51. The third kappa shape index (κ3) is 10.1. The van der Waals surface area contributed by atoms with Crippen LogP contribution in [0.2, 0.25) is 0 Å². The molecule has 56 heavy (non-hydrogen) atoms. The minimum Gasteiger partial charge on any atom is -0.453 e. The molecule has 1 saturated heterocycles. The minimum absolute atomic E-state index is 0.0322. The molecule has 0 spiro atoms. The largest absolute Gasteiger partial charge is 0.453 e. The van der Waals surface area contributed by atoms with Crippen molar-refractivity contribution in [3.8, 4) is 0 Å². The second-order valence-corrected chi connectivity index (χ2v) is 14.7. The number of rotatable bonds is 9. The summed E-state index contributed by atoms with van der Waals surface area (Å²) in [6, 6.07) is 17.4. The number of hydrogen-bond donors (Lipinski definition) is 4. The van der Waals surface area contributed by atoms with Crippen molar-refractivity contribution in [2.24, 2.45) is 5.92 Å². The monoisotopic (exact) mass is 765 g/mol. The van der Waals surface area contributed by atoms with Gasteiger partial charge in [-0.1, -0.05) is 55.5 Å². The molecule has 3 atom stereocenters. The highest BCUT2D eigenvalue weighted by Crippen LogP contribution is 2.32. The first-order valence-electron chi connectivity index (χ1n) is 18.4. The van der Waals surface area contributed by atoms with E-state index >= 15 is 0 Å². The van der Waals surface area contributed by atoms with Crippen molar-refractivity contribution >= 4 is 57.7 Å². The Morgan fingerprint density at radius 2 is 1.73 bits per heavy atom. The van der Waals surface area contributed by atoms with E-state index in [0.29, 0.717) is 42.0 Å². The van der Waals surface area contributed by atoms with Crippen LogP contribution in [0.1, 0.15) is 55.7 Å². The number of aromatic nitrogens is 2. The molecule has 0 saturated carbocycles. The highest BCUT2D eigenvalue weighted by molar-refractivity contribution is 6.11. The van der Waals surface area contributed by atoms with Crippen LogP contribution < -0.4 is 26.2 Å². The van der Waals surface area contributed by atoms with Gasteiger partial charge in [-0.05, 0) is 68.0 Å². The van der Waals surface area contributed by atoms with Gasteiger partial charge < -0.3 is 39.8 Å². The fourth-order valence-corrected chi connectivity index (χ4v) is 6.75. The number of benzene rings is 2. The number of hydrogen-bond acceptors (Lipinski definition) is 11. The molecule has 294 valence electrons. The highest BCUT2D eigenvalue weighted by Gasteiger charge is 2.38. The SMILES string of the molecule is COC(=O)N[C@H]1[C@@H](C)CN(c2ccncc2NC(=O)c2nc3cc(C4=CCOCC4)ccc3cc2NC(=O)OCc2ccccc2)C[C@H]1NC(=O)OC(C)(C)C. The van der Waals surface area contributed by atoms with Gasteiger partial charge in [-0.25, -0.2) is 19.4 Å². The molecule has 0 bridgehead atoms. The van der Waals surface area contributed by atoms with Gasteiger partial charge in [0.15, 0.2) is 5.69 Å². The van der Waals surface area contributed by atoms with E-state index in [9.17, 15) is 19.2 Å². The van der Waals surface area contributed by atoms with Crippen LogP contribution in [0.15, 0.2) is 79.1 Å². The molecule has 4 aromatic rings. The quantitative estimate of drug-likeness (QED) is 0.136. The summed E-state index contributed by atoms with van der Waals surface area (Å²) < 4.78 is 21.4. The smallest absolute Gasteiger partial charge is 0.412 e. The molecule has 0 radical (unpaired) electrons. The molecule has 2 aliphatic rings. The summed E-state index contributed by atoms with van der Waals surface area (Å²) in [4.78, 5) is 63.7. The van der Waals surface area contributed by atoms with E-state index in [2.05, 4.69) is 26.3 Å². The van der Waals surface area contributed by atoms with Crippen LogP contribution in [0.5, 0.6) is 0 Å². The van der Waals surface area contributed by atoms with Gasteiger partial charge >= 0.3 is 18.3 Å². The number of nitrogens with zero attached hydrogens (tertiary/aromatic N) is 3. The minimum atomic E-state index is -0.754.